The zero-order chi connectivity index (χ0) is 18.3. The largest absolute Gasteiger partial charge is 0.352 e. The van der Waals surface area contributed by atoms with Crippen LogP contribution < -0.4 is 11.0 Å². The summed E-state index contributed by atoms with van der Waals surface area (Å²) >= 11 is 12.1. The van der Waals surface area contributed by atoms with Crippen molar-refractivity contribution in [1.82, 2.24) is 19.2 Å². The molecule has 0 radical (unpaired) electrons. The Hall–Kier alpha value is -2.90. The van der Waals surface area contributed by atoms with Crippen LogP contribution in [0.2, 0.25) is 10.0 Å². The molecule has 0 aliphatic rings. The molecule has 1 amide bonds. The maximum absolute atomic E-state index is 12.5. The van der Waals surface area contributed by atoms with Crippen LogP contribution in [-0.2, 0) is 11.3 Å². The summed E-state index contributed by atoms with van der Waals surface area (Å²) in [5.74, 6) is -0.418. The molecule has 7 nitrogen and oxygen atoms in total. The van der Waals surface area contributed by atoms with Gasteiger partial charge in [-0.3, -0.25) is 4.79 Å². The Bertz CT molecular complexity index is 1210. The molecule has 4 aromatic rings. The van der Waals surface area contributed by atoms with Gasteiger partial charge >= 0.3 is 5.69 Å². The second-order valence-electron chi connectivity index (χ2n) is 5.57. The van der Waals surface area contributed by atoms with Crippen LogP contribution in [0.1, 0.15) is 0 Å². The lowest BCUT2D eigenvalue weighted by atomic mass is 10.2. The van der Waals surface area contributed by atoms with Crippen molar-refractivity contribution >= 4 is 51.3 Å². The second kappa shape index (κ2) is 6.44. The lowest BCUT2D eigenvalue weighted by Gasteiger charge is -2.06. The fourth-order valence-corrected chi connectivity index (χ4v) is 2.97. The van der Waals surface area contributed by atoms with Crippen LogP contribution in [0.3, 0.4) is 0 Å². The monoisotopic (exact) mass is 387 g/mol. The van der Waals surface area contributed by atoms with Crippen molar-refractivity contribution in [3.05, 3.63) is 69.3 Å². The summed E-state index contributed by atoms with van der Waals surface area (Å²) in [6, 6.07) is 12.0. The van der Waals surface area contributed by atoms with Gasteiger partial charge in [0, 0.05) is 10.4 Å². The number of aromatic nitrogens is 4. The molecule has 0 aliphatic carbocycles. The van der Waals surface area contributed by atoms with Crippen molar-refractivity contribution in [2.24, 2.45) is 0 Å². The van der Waals surface area contributed by atoms with Gasteiger partial charge in [0.25, 0.3) is 0 Å². The van der Waals surface area contributed by atoms with Crippen LogP contribution in [0.25, 0.3) is 16.6 Å². The van der Waals surface area contributed by atoms with Crippen LogP contribution in [0.15, 0.2) is 53.6 Å². The minimum Gasteiger partial charge on any atom is -0.323 e. The number of para-hydroxylation sites is 1. The zero-order valence-electron chi connectivity index (χ0n) is 13.2. The van der Waals surface area contributed by atoms with E-state index in [-0.39, 0.29) is 6.54 Å². The molecule has 0 fully saturated rings. The molecule has 0 saturated heterocycles. The molecule has 0 spiro atoms. The van der Waals surface area contributed by atoms with Crippen molar-refractivity contribution in [1.29, 1.82) is 0 Å². The predicted molar refractivity (Wildman–Crippen MR) is 99.8 cm³/mol. The number of hydrogen-bond acceptors (Lipinski definition) is 4. The van der Waals surface area contributed by atoms with E-state index in [1.54, 1.807) is 42.5 Å². The highest BCUT2D eigenvalue weighted by molar-refractivity contribution is 6.33. The highest BCUT2D eigenvalue weighted by Crippen LogP contribution is 2.21. The van der Waals surface area contributed by atoms with Gasteiger partial charge in [-0.05, 0) is 30.3 Å². The van der Waals surface area contributed by atoms with Gasteiger partial charge in [-0.25, -0.2) is 18.9 Å². The van der Waals surface area contributed by atoms with E-state index in [1.807, 2.05) is 0 Å². The maximum atomic E-state index is 12.5. The van der Waals surface area contributed by atoms with Gasteiger partial charge in [0.15, 0.2) is 5.65 Å². The van der Waals surface area contributed by atoms with Crippen molar-refractivity contribution in [3.8, 4) is 0 Å². The van der Waals surface area contributed by atoms with E-state index in [9.17, 15) is 9.59 Å². The van der Waals surface area contributed by atoms with Crippen molar-refractivity contribution in [3.63, 3.8) is 0 Å². The van der Waals surface area contributed by atoms with Crippen LogP contribution in [0.4, 0.5) is 5.69 Å². The second-order valence-corrected chi connectivity index (χ2v) is 6.41. The molecule has 26 heavy (non-hydrogen) atoms. The van der Waals surface area contributed by atoms with Crippen LogP contribution in [-0.4, -0.2) is 25.1 Å². The van der Waals surface area contributed by atoms with Crippen LogP contribution in [0.5, 0.6) is 0 Å². The standard InChI is InChI=1S/C17H11Cl2N5O2/c18-10-5-6-13-11(7-10)16-22-24(17(26)23(16)9-20-13)8-15(25)21-14-4-2-1-3-12(14)19/h1-7,9H,8H2,(H,21,25). The van der Waals surface area contributed by atoms with Crippen LogP contribution in [0, 0.1) is 0 Å². The van der Waals surface area contributed by atoms with Gasteiger partial charge in [0.1, 0.15) is 12.9 Å². The average molecular weight is 388 g/mol. The molecule has 4 rings (SSSR count). The summed E-state index contributed by atoms with van der Waals surface area (Å²) < 4.78 is 2.35. The average Bonchev–Trinajstić information content (AvgIpc) is 2.93. The molecule has 130 valence electrons. The number of anilines is 1. The third kappa shape index (κ3) is 2.91. The van der Waals surface area contributed by atoms with Crippen molar-refractivity contribution in [2.45, 2.75) is 6.54 Å². The van der Waals surface area contributed by atoms with E-state index >= 15 is 0 Å². The number of fused-ring (bicyclic) bond motifs is 3. The normalized spacial score (nSPS) is 11.2. The molecule has 9 heteroatoms. The van der Waals surface area contributed by atoms with E-state index in [1.165, 1.54) is 10.7 Å². The summed E-state index contributed by atoms with van der Waals surface area (Å²) in [5.41, 5.74) is 1.03. The van der Waals surface area contributed by atoms with E-state index in [4.69, 9.17) is 23.2 Å². The molecular formula is C17H11Cl2N5O2. The first-order valence-corrected chi connectivity index (χ1v) is 8.36. The number of nitrogens with one attached hydrogen (secondary N) is 1. The Morgan fingerprint density at radius 3 is 2.77 bits per heavy atom. The molecule has 2 aromatic heterocycles. The predicted octanol–water partition coefficient (Wildman–Crippen LogP) is 2.99. The number of rotatable bonds is 3. The number of halogens is 2. The fraction of sp³-hybridized carbons (Fsp3) is 0.0588. The maximum Gasteiger partial charge on any atom is 0.352 e. The number of amides is 1. The molecule has 0 aliphatic heterocycles. The fourth-order valence-electron chi connectivity index (χ4n) is 2.62. The number of hydrogen-bond donors (Lipinski definition) is 1. The minimum atomic E-state index is -0.469. The molecule has 0 atom stereocenters. The third-order valence-corrected chi connectivity index (χ3v) is 4.39. The van der Waals surface area contributed by atoms with E-state index < -0.39 is 11.6 Å². The minimum absolute atomic E-state index is 0.256. The summed E-state index contributed by atoms with van der Waals surface area (Å²) in [4.78, 5) is 29.0. The molecule has 1 N–H and O–H groups in total. The summed E-state index contributed by atoms with van der Waals surface area (Å²) in [6.45, 7) is -0.256. The highest BCUT2D eigenvalue weighted by atomic mass is 35.5. The van der Waals surface area contributed by atoms with Gasteiger partial charge in [0.05, 0.1) is 16.2 Å². The Morgan fingerprint density at radius 1 is 1.15 bits per heavy atom. The first-order valence-electron chi connectivity index (χ1n) is 7.61. The number of carbonyl (C=O) groups is 1. The first-order chi connectivity index (χ1) is 12.5. The summed E-state index contributed by atoms with van der Waals surface area (Å²) in [5, 5.41) is 8.46. The topological polar surface area (TPSA) is 81.3 Å². The quantitative estimate of drug-likeness (QED) is 0.585. The Balaban J connectivity index is 1.71. The van der Waals surface area contributed by atoms with Gasteiger partial charge in [-0.1, -0.05) is 35.3 Å². The van der Waals surface area contributed by atoms with Gasteiger partial charge < -0.3 is 5.32 Å². The van der Waals surface area contributed by atoms with Crippen molar-refractivity contribution < 1.29 is 4.79 Å². The SMILES string of the molecule is O=C(Cn1nc2c3cc(Cl)ccc3ncn2c1=O)Nc1ccccc1Cl. The highest BCUT2D eigenvalue weighted by Gasteiger charge is 2.14. The van der Waals surface area contributed by atoms with E-state index in [2.05, 4.69) is 15.4 Å². The zero-order valence-corrected chi connectivity index (χ0v) is 14.7. The third-order valence-electron chi connectivity index (χ3n) is 3.82. The molecule has 2 aromatic carbocycles. The van der Waals surface area contributed by atoms with Crippen LogP contribution >= 0.6 is 23.2 Å². The number of carbonyl (C=O) groups excluding carboxylic acids is 1. The number of nitrogens with zero attached hydrogens (tertiary/aromatic N) is 4. The summed E-state index contributed by atoms with van der Waals surface area (Å²) in [7, 11) is 0. The van der Waals surface area contributed by atoms with E-state index in [0.717, 1.165) is 4.68 Å². The van der Waals surface area contributed by atoms with Gasteiger partial charge in [-0.2, -0.15) is 0 Å². The Kier molecular flexibility index (Phi) is 4.10. The Morgan fingerprint density at radius 2 is 1.96 bits per heavy atom. The smallest absolute Gasteiger partial charge is 0.323 e. The van der Waals surface area contributed by atoms with Crippen molar-refractivity contribution in [2.75, 3.05) is 5.32 Å². The molecule has 2 heterocycles. The summed E-state index contributed by atoms with van der Waals surface area (Å²) in [6.07, 6.45) is 1.38. The lowest BCUT2D eigenvalue weighted by Crippen LogP contribution is -2.28. The molecule has 0 saturated carbocycles. The lowest BCUT2D eigenvalue weighted by molar-refractivity contribution is -0.117. The Labute approximate surface area is 156 Å². The van der Waals surface area contributed by atoms with Gasteiger partial charge in [0.2, 0.25) is 5.91 Å². The molecular weight excluding hydrogens is 377 g/mol. The van der Waals surface area contributed by atoms with E-state index in [0.29, 0.717) is 32.3 Å². The number of benzene rings is 2. The van der Waals surface area contributed by atoms with Gasteiger partial charge in [-0.15, -0.1) is 5.10 Å². The molecule has 0 unspecified atom stereocenters. The molecule has 0 bridgehead atoms. The first kappa shape index (κ1) is 16.6.